The van der Waals surface area contributed by atoms with Crippen LogP contribution in [0, 0.1) is 13.8 Å². The first-order chi connectivity index (χ1) is 16.2. The molecule has 0 bridgehead atoms. The molecular weight excluding hydrogens is 412 g/mol. The lowest BCUT2D eigenvalue weighted by Crippen LogP contribution is -2.07. The molecule has 2 heterocycles. The van der Waals surface area contributed by atoms with Crippen molar-refractivity contribution in [2.45, 2.75) is 46.1 Å². The largest absolute Gasteiger partial charge is 0.493 e. The summed E-state index contributed by atoms with van der Waals surface area (Å²) in [5.74, 6) is 3.60. The summed E-state index contributed by atoms with van der Waals surface area (Å²) in [6.45, 7) is 5.36. The molecule has 0 radical (unpaired) electrons. The fraction of sp³-hybridized carbons (Fsp3) is 0.286. The van der Waals surface area contributed by atoms with Gasteiger partial charge in [-0.15, -0.1) is 0 Å². The highest BCUT2D eigenvalue weighted by Crippen LogP contribution is 2.28. The van der Waals surface area contributed by atoms with Crippen LogP contribution in [-0.2, 0) is 11.3 Å². The molecule has 5 nitrogen and oxygen atoms in total. The number of furan rings is 1. The van der Waals surface area contributed by atoms with Crippen LogP contribution in [0.3, 0.4) is 0 Å². The summed E-state index contributed by atoms with van der Waals surface area (Å²) in [5, 5.41) is 0. The van der Waals surface area contributed by atoms with Gasteiger partial charge in [-0.05, 0) is 51.3 Å². The quantitative estimate of drug-likeness (QED) is 0.194. The maximum atomic E-state index is 10.5. The van der Waals surface area contributed by atoms with Crippen LogP contribution in [0.15, 0.2) is 71.3 Å². The van der Waals surface area contributed by atoms with E-state index < -0.39 is 0 Å². The Kier molecular flexibility index (Phi) is 7.40. The first-order valence-electron chi connectivity index (χ1n) is 11.5. The molecule has 0 spiro atoms. The van der Waals surface area contributed by atoms with Crippen LogP contribution in [0.25, 0.3) is 22.7 Å². The summed E-state index contributed by atoms with van der Waals surface area (Å²) >= 11 is 0. The van der Waals surface area contributed by atoms with E-state index in [1.807, 2.05) is 43.5 Å². The highest BCUT2D eigenvalue weighted by Gasteiger charge is 2.13. The van der Waals surface area contributed by atoms with Gasteiger partial charge in [-0.2, -0.15) is 0 Å². The van der Waals surface area contributed by atoms with E-state index in [0.717, 1.165) is 71.0 Å². The number of hydrogen-bond acceptors (Lipinski definition) is 4. The molecule has 0 aliphatic heterocycles. The topological polar surface area (TPSA) is 57.3 Å². The van der Waals surface area contributed by atoms with Crippen molar-refractivity contribution in [3.63, 3.8) is 0 Å². The summed E-state index contributed by atoms with van der Waals surface area (Å²) in [7, 11) is 0. The molecule has 0 saturated carbocycles. The van der Waals surface area contributed by atoms with Crippen molar-refractivity contribution in [3.05, 3.63) is 83.9 Å². The van der Waals surface area contributed by atoms with E-state index in [4.69, 9.17) is 14.1 Å². The molecule has 0 fully saturated rings. The molecule has 33 heavy (non-hydrogen) atoms. The molecule has 0 amide bonds. The van der Waals surface area contributed by atoms with Gasteiger partial charge in [-0.3, -0.25) is 0 Å². The zero-order chi connectivity index (χ0) is 23.0. The smallest absolute Gasteiger partial charge is 0.140 e. The van der Waals surface area contributed by atoms with Gasteiger partial charge in [-0.1, -0.05) is 42.5 Å². The molecule has 170 valence electrons. The number of carbonyl (C=O) groups excluding carboxylic acids is 1. The molecular formula is C28H30N2O3. The number of ether oxygens (including phenoxy) is 1. The first-order valence-corrected chi connectivity index (χ1v) is 11.5. The second-order valence-electron chi connectivity index (χ2n) is 8.27. The van der Waals surface area contributed by atoms with Crippen molar-refractivity contribution in [1.82, 2.24) is 9.55 Å². The Hall–Kier alpha value is -3.60. The summed E-state index contributed by atoms with van der Waals surface area (Å²) in [5.41, 5.74) is 4.33. The third-order valence-electron chi connectivity index (χ3n) is 5.75. The summed E-state index contributed by atoms with van der Waals surface area (Å²) in [6, 6.07) is 20.5. The van der Waals surface area contributed by atoms with Crippen LogP contribution in [0.4, 0.5) is 0 Å². The summed E-state index contributed by atoms with van der Waals surface area (Å²) < 4.78 is 14.1. The highest BCUT2D eigenvalue weighted by molar-refractivity contribution is 5.65. The van der Waals surface area contributed by atoms with E-state index in [1.54, 1.807) is 0 Å². The lowest BCUT2D eigenvalue weighted by atomic mass is 10.1. The molecule has 0 unspecified atom stereocenters. The van der Waals surface area contributed by atoms with Crippen molar-refractivity contribution < 1.29 is 13.9 Å². The number of rotatable bonds is 11. The number of benzene rings is 2. The molecule has 0 atom stereocenters. The third-order valence-corrected chi connectivity index (χ3v) is 5.75. The standard InChI is InChI=1S/C28H30N2O3/c1-21-19-29-28(24-14-12-23(13-15-24)27-16-11-22(2)33-27)30(21)20-25-9-5-6-10-26(25)32-18-8-4-3-7-17-31/h5-6,9-17,19H,3-4,7-8,18,20H2,1-2H3. The number of unbranched alkanes of at least 4 members (excludes halogenated alkanes) is 3. The Morgan fingerprint density at radius 2 is 1.73 bits per heavy atom. The van der Waals surface area contributed by atoms with Gasteiger partial charge in [0.2, 0.25) is 0 Å². The average Bonchev–Trinajstić information content (AvgIpc) is 3.43. The number of nitrogens with zero attached hydrogens (tertiary/aromatic N) is 2. The SMILES string of the molecule is Cc1ccc(-c2ccc(-c3ncc(C)n3Cc3ccccc3OCCCCCC=O)cc2)o1. The number of aromatic nitrogens is 2. The van der Waals surface area contributed by atoms with E-state index >= 15 is 0 Å². The van der Waals surface area contributed by atoms with Crippen LogP contribution in [-0.4, -0.2) is 22.4 Å². The van der Waals surface area contributed by atoms with Crippen LogP contribution in [0.1, 0.15) is 42.7 Å². The van der Waals surface area contributed by atoms with Gasteiger partial charge in [0.15, 0.2) is 0 Å². The van der Waals surface area contributed by atoms with Crippen molar-refractivity contribution in [2.75, 3.05) is 6.61 Å². The van der Waals surface area contributed by atoms with Crippen LogP contribution < -0.4 is 4.74 Å². The lowest BCUT2D eigenvalue weighted by Gasteiger charge is -2.15. The van der Waals surface area contributed by atoms with Gasteiger partial charge >= 0.3 is 0 Å². The number of para-hydroxylation sites is 1. The summed E-state index contributed by atoms with van der Waals surface area (Å²) in [4.78, 5) is 15.1. The predicted molar refractivity (Wildman–Crippen MR) is 130 cm³/mol. The maximum absolute atomic E-state index is 10.5. The molecule has 0 aliphatic rings. The number of aldehydes is 1. The van der Waals surface area contributed by atoms with Crippen LogP contribution in [0.2, 0.25) is 0 Å². The Labute approximate surface area is 195 Å². The zero-order valence-electron chi connectivity index (χ0n) is 19.3. The molecule has 2 aromatic carbocycles. The Morgan fingerprint density at radius 1 is 0.939 bits per heavy atom. The number of carbonyl (C=O) groups is 1. The van der Waals surface area contributed by atoms with Gasteiger partial charge in [0.1, 0.15) is 29.4 Å². The molecule has 5 heteroatoms. The molecule has 0 aliphatic carbocycles. The van der Waals surface area contributed by atoms with Crippen molar-refractivity contribution in [1.29, 1.82) is 0 Å². The predicted octanol–water partition coefficient (Wildman–Crippen LogP) is 6.61. The minimum absolute atomic E-state index is 0.626. The molecule has 0 saturated heterocycles. The maximum Gasteiger partial charge on any atom is 0.140 e. The van der Waals surface area contributed by atoms with Gasteiger partial charge in [0.05, 0.1) is 13.2 Å². The average molecular weight is 443 g/mol. The number of hydrogen-bond donors (Lipinski definition) is 0. The molecule has 2 aromatic heterocycles. The Balaban J connectivity index is 1.49. The number of aryl methyl sites for hydroxylation is 2. The van der Waals surface area contributed by atoms with E-state index in [2.05, 4.69) is 41.8 Å². The zero-order valence-corrected chi connectivity index (χ0v) is 19.3. The molecule has 4 rings (SSSR count). The van der Waals surface area contributed by atoms with E-state index in [-0.39, 0.29) is 0 Å². The normalized spacial score (nSPS) is 11.0. The Bertz CT molecular complexity index is 1190. The monoisotopic (exact) mass is 442 g/mol. The third kappa shape index (κ3) is 5.61. The van der Waals surface area contributed by atoms with Crippen molar-refractivity contribution >= 4 is 6.29 Å². The van der Waals surface area contributed by atoms with Crippen molar-refractivity contribution in [2.24, 2.45) is 0 Å². The second-order valence-corrected chi connectivity index (χ2v) is 8.27. The van der Waals surface area contributed by atoms with E-state index in [0.29, 0.717) is 19.6 Å². The van der Waals surface area contributed by atoms with Gasteiger partial charge in [0.25, 0.3) is 0 Å². The molecule has 4 aromatic rings. The van der Waals surface area contributed by atoms with E-state index in [9.17, 15) is 4.79 Å². The fourth-order valence-electron chi connectivity index (χ4n) is 3.90. The molecule has 0 N–H and O–H groups in total. The van der Waals surface area contributed by atoms with Gasteiger partial charge in [0, 0.05) is 35.0 Å². The van der Waals surface area contributed by atoms with Crippen LogP contribution in [0.5, 0.6) is 5.75 Å². The lowest BCUT2D eigenvalue weighted by molar-refractivity contribution is -0.107. The minimum atomic E-state index is 0.626. The second kappa shape index (κ2) is 10.8. The first kappa shape index (κ1) is 22.6. The van der Waals surface area contributed by atoms with Crippen LogP contribution >= 0.6 is 0 Å². The minimum Gasteiger partial charge on any atom is -0.493 e. The Morgan fingerprint density at radius 3 is 2.48 bits per heavy atom. The van der Waals surface area contributed by atoms with Gasteiger partial charge < -0.3 is 18.5 Å². The van der Waals surface area contributed by atoms with Gasteiger partial charge in [-0.25, -0.2) is 4.98 Å². The van der Waals surface area contributed by atoms with E-state index in [1.165, 1.54) is 0 Å². The van der Waals surface area contributed by atoms with Crippen molar-refractivity contribution in [3.8, 4) is 28.5 Å². The summed E-state index contributed by atoms with van der Waals surface area (Å²) in [6.07, 6.45) is 6.38. The number of imidazole rings is 1. The fourth-order valence-corrected chi connectivity index (χ4v) is 3.90. The highest BCUT2D eigenvalue weighted by atomic mass is 16.5.